The fraction of sp³-hybridized carbons (Fsp3) is 0.333. The largest absolute Gasteiger partial charge is 0.338 e. The SMILES string of the molecule is CCc1ncc(Cl)c(Nc2ccccc2S(=O)(=O)C(C)C)n1. The van der Waals surface area contributed by atoms with Gasteiger partial charge in [0.1, 0.15) is 10.8 Å². The number of hydrogen-bond donors (Lipinski definition) is 1. The Morgan fingerprint density at radius 2 is 1.95 bits per heavy atom. The van der Waals surface area contributed by atoms with Crippen LogP contribution in [0.5, 0.6) is 0 Å². The molecule has 2 rings (SSSR count). The van der Waals surface area contributed by atoms with E-state index in [4.69, 9.17) is 11.6 Å². The number of para-hydroxylation sites is 1. The van der Waals surface area contributed by atoms with Gasteiger partial charge in [-0.15, -0.1) is 0 Å². The maximum Gasteiger partial charge on any atom is 0.182 e. The summed E-state index contributed by atoms with van der Waals surface area (Å²) in [5.41, 5.74) is 0.457. The molecule has 2 aromatic rings. The van der Waals surface area contributed by atoms with Gasteiger partial charge in [-0.1, -0.05) is 30.7 Å². The van der Waals surface area contributed by atoms with Crippen molar-refractivity contribution in [3.8, 4) is 0 Å². The minimum absolute atomic E-state index is 0.234. The number of halogens is 1. The molecule has 0 amide bonds. The Bertz CT molecular complexity index is 776. The minimum Gasteiger partial charge on any atom is -0.338 e. The molecule has 0 atom stereocenters. The normalized spacial score (nSPS) is 11.7. The maximum atomic E-state index is 12.4. The van der Waals surface area contributed by atoms with Gasteiger partial charge in [0.2, 0.25) is 0 Å². The minimum atomic E-state index is -3.41. The lowest BCUT2D eigenvalue weighted by Gasteiger charge is -2.15. The molecular formula is C15H18ClN3O2S. The van der Waals surface area contributed by atoms with E-state index in [0.717, 1.165) is 0 Å². The third-order valence-electron chi connectivity index (χ3n) is 3.18. The smallest absolute Gasteiger partial charge is 0.182 e. The highest BCUT2D eigenvalue weighted by molar-refractivity contribution is 7.92. The monoisotopic (exact) mass is 339 g/mol. The number of nitrogens with one attached hydrogen (secondary N) is 1. The molecule has 0 unspecified atom stereocenters. The van der Waals surface area contributed by atoms with Crippen LogP contribution in [0.2, 0.25) is 5.02 Å². The van der Waals surface area contributed by atoms with Crippen molar-refractivity contribution in [3.63, 3.8) is 0 Å². The maximum absolute atomic E-state index is 12.4. The van der Waals surface area contributed by atoms with E-state index in [1.165, 1.54) is 6.20 Å². The van der Waals surface area contributed by atoms with E-state index in [0.29, 0.717) is 28.8 Å². The van der Waals surface area contributed by atoms with Crippen LogP contribution in [0.25, 0.3) is 0 Å². The number of nitrogens with zero attached hydrogens (tertiary/aromatic N) is 2. The summed E-state index contributed by atoms with van der Waals surface area (Å²) in [6.45, 7) is 5.24. The van der Waals surface area contributed by atoms with Crippen molar-refractivity contribution >= 4 is 32.9 Å². The molecule has 118 valence electrons. The van der Waals surface area contributed by atoms with Gasteiger partial charge in [-0.25, -0.2) is 18.4 Å². The van der Waals surface area contributed by atoms with E-state index in [2.05, 4.69) is 15.3 Å². The van der Waals surface area contributed by atoms with Gasteiger partial charge in [0, 0.05) is 6.42 Å². The third-order valence-corrected chi connectivity index (χ3v) is 5.66. The van der Waals surface area contributed by atoms with Crippen LogP contribution in [-0.2, 0) is 16.3 Å². The Morgan fingerprint density at radius 3 is 2.59 bits per heavy atom. The second kappa shape index (κ2) is 6.62. The number of aromatic nitrogens is 2. The van der Waals surface area contributed by atoms with Gasteiger partial charge in [-0.3, -0.25) is 0 Å². The summed E-state index contributed by atoms with van der Waals surface area (Å²) in [5.74, 6) is 1.04. The number of sulfone groups is 1. The quantitative estimate of drug-likeness (QED) is 0.900. The van der Waals surface area contributed by atoms with Gasteiger partial charge in [-0.2, -0.15) is 0 Å². The van der Waals surface area contributed by atoms with Gasteiger partial charge in [-0.05, 0) is 26.0 Å². The highest BCUT2D eigenvalue weighted by Gasteiger charge is 2.22. The summed E-state index contributed by atoms with van der Waals surface area (Å²) in [5, 5.41) is 2.84. The highest BCUT2D eigenvalue weighted by Crippen LogP contribution is 2.29. The first-order valence-corrected chi connectivity index (χ1v) is 8.90. The molecule has 1 N–H and O–H groups in total. The van der Waals surface area contributed by atoms with Gasteiger partial charge >= 0.3 is 0 Å². The molecule has 1 heterocycles. The van der Waals surface area contributed by atoms with Crippen molar-refractivity contribution in [2.45, 2.75) is 37.3 Å². The van der Waals surface area contributed by atoms with Crippen molar-refractivity contribution in [1.82, 2.24) is 9.97 Å². The molecule has 1 aromatic carbocycles. The van der Waals surface area contributed by atoms with Crippen LogP contribution in [0.15, 0.2) is 35.4 Å². The van der Waals surface area contributed by atoms with Gasteiger partial charge in [0.25, 0.3) is 0 Å². The van der Waals surface area contributed by atoms with E-state index >= 15 is 0 Å². The molecule has 5 nitrogen and oxygen atoms in total. The molecule has 0 saturated heterocycles. The molecule has 0 aliphatic heterocycles. The van der Waals surface area contributed by atoms with Crippen LogP contribution in [0, 0.1) is 0 Å². The van der Waals surface area contributed by atoms with Gasteiger partial charge in [0.05, 0.1) is 22.0 Å². The van der Waals surface area contributed by atoms with E-state index in [9.17, 15) is 8.42 Å². The van der Waals surface area contributed by atoms with Crippen LogP contribution in [0.3, 0.4) is 0 Å². The number of aryl methyl sites for hydroxylation is 1. The second-order valence-electron chi connectivity index (χ2n) is 5.05. The topological polar surface area (TPSA) is 72.0 Å². The molecule has 0 radical (unpaired) electrons. The van der Waals surface area contributed by atoms with E-state index in [-0.39, 0.29) is 4.90 Å². The lowest BCUT2D eigenvalue weighted by Crippen LogP contribution is -2.15. The summed E-state index contributed by atoms with van der Waals surface area (Å²) in [6, 6.07) is 6.73. The Morgan fingerprint density at radius 1 is 1.27 bits per heavy atom. The molecule has 0 aliphatic carbocycles. The van der Waals surface area contributed by atoms with E-state index in [1.807, 2.05) is 6.92 Å². The molecule has 22 heavy (non-hydrogen) atoms. The van der Waals surface area contributed by atoms with Crippen molar-refractivity contribution in [2.24, 2.45) is 0 Å². The first kappa shape index (κ1) is 16.7. The number of benzene rings is 1. The van der Waals surface area contributed by atoms with Crippen molar-refractivity contribution < 1.29 is 8.42 Å². The van der Waals surface area contributed by atoms with Gasteiger partial charge < -0.3 is 5.32 Å². The standard InChI is InChI=1S/C15H18ClN3O2S/c1-4-14-17-9-11(16)15(19-14)18-12-7-5-6-8-13(12)22(20,21)10(2)3/h5-10H,4H2,1-3H3,(H,17,18,19). The first-order valence-electron chi connectivity index (χ1n) is 6.97. The van der Waals surface area contributed by atoms with Crippen molar-refractivity contribution in [3.05, 3.63) is 41.3 Å². The molecule has 0 spiro atoms. The third kappa shape index (κ3) is 3.39. The van der Waals surface area contributed by atoms with Crippen molar-refractivity contribution in [2.75, 3.05) is 5.32 Å². The molecule has 0 aliphatic rings. The Hall–Kier alpha value is -1.66. The summed E-state index contributed by atoms with van der Waals surface area (Å²) in [4.78, 5) is 8.64. The van der Waals surface area contributed by atoms with E-state index < -0.39 is 15.1 Å². The number of anilines is 2. The average molecular weight is 340 g/mol. The molecule has 0 bridgehead atoms. The van der Waals surface area contributed by atoms with Crippen LogP contribution >= 0.6 is 11.6 Å². The lowest BCUT2D eigenvalue weighted by atomic mass is 10.3. The summed E-state index contributed by atoms with van der Waals surface area (Å²) >= 11 is 6.10. The number of rotatable bonds is 5. The van der Waals surface area contributed by atoms with Crippen molar-refractivity contribution in [1.29, 1.82) is 0 Å². The van der Waals surface area contributed by atoms with E-state index in [1.54, 1.807) is 38.1 Å². The Kier molecular flexibility index (Phi) is 5.03. The van der Waals surface area contributed by atoms with Gasteiger partial charge in [0.15, 0.2) is 15.7 Å². The average Bonchev–Trinajstić information content (AvgIpc) is 2.49. The lowest BCUT2D eigenvalue weighted by molar-refractivity contribution is 0.588. The second-order valence-corrected chi connectivity index (χ2v) is 7.93. The van der Waals surface area contributed by atoms with Crippen LogP contribution < -0.4 is 5.32 Å². The summed E-state index contributed by atoms with van der Waals surface area (Å²) in [7, 11) is -3.41. The zero-order valence-corrected chi connectivity index (χ0v) is 14.2. The Labute approximate surface area is 135 Å². The molecule has 7 heteroatoms. The number of hydrogen-bond acceptors (Lipinski definition) is 5. The fourth-order valence-corrected chi connectivity index (χ4v) is 3.20. The molecule has 0 fully saturated rings. The first-order chi connectivity index (χ1) is 10.4. The van der Waals surface area contributed by atoms with Crippen LogP contribution in [0.1, 0.15) is 26.6 Å². The zero-order chi connectivity index (χ0) is 16.3. The van der Waals surface area contributed by atoms with Crippen LogP contribution in [0.4, 0.5) is 11.5 Å². The predicted octanol–water partition coefficient (Wildman–Crippen LogP) is 3.62. The Balaban J connectivity index is 2.48. The van der Waals surface area contributed by atoms with Crippen LogP contribution in [-0.4, -0.2) is 23.6 Å². The predicted molar refractivity (Wildman–Crippen MR) is 88.5 cm³/mol. The zero-order valence-electron chi connectivity index (χ0n) is 12.7. The molecule has 1 aromatic heterocycles. The summed E-state index contributed by atoms with van der Waals surface area (Å²) in [6.07, 6.45) is 2.17. The fourth-order valence-electron chi connectivity index (χ4n) is 1.86. The summed E-state index contributed by atoms with van der Waals surface area (Å²) < 4.78 is 24.9. The molecular weight excluding hydrogens is 322 g/mol. The highest BCUT2D eigenvalue weighted by atomic mass is 35.5. The molecule has 0 saturated carbocycles.